The lowest BCUT2D eigenvalue weighted by molar-refractivity contribution is -0.123. The molecular weight excluding hydrogens is 448 g/mol. The number of hydrogen-bond donors (Lipinski definition) is 1. The van der Waals surface area contributed by atoms with Crippen LogP contribution < -0.4 is 10.2 Å². The summed E-state index contributed by atoms with van der Waals surface area (Å²) in [6, 6.07) is 19.4. The minimum absolute atomic E-state index is 0.118. The van der Waals surface area contributed by atoms with Crippen LogP contribution in [0.4, 0.5) is 0 Å². The second-order valence-electron chi connectivity index (χ2n) is 5.22. The molecule has 6 heteroatoms. The Kier molecular flexibility index (Phi) is 5.83. The first-order chi connectivity index (χ1) is 12.1. The van der Waals surface area contributed by atoms with Gasteiger partial charge in [0, 0.05) is 10.0 Å². The number of hydrogen-bond acceptors (Lipinski definition) is 3. The first kappa shape index (κ1) is 17.6. The average Bonchev–Trinajstić information content (AvgIpc) is 2.61. The minimum Gasteiger partial charge on any atom is -0.483 e. The number of hydrazone groups is 1. The number of fused-ring (bicyclic) bond motifs is 1. The summed E-state index contributed by atoms with van der Waals surface area (Å²) in [7, 11) is 0. The summed E-state index contributed by atoms with van der Waals surface area (Å²) in [5.74, 6) is 0.266. The molecule has 1 amide bonds. The van der Waals surface area contributed by atoms with E-state index in [-0.39, 0.29) is 12.5 Å². The molecule has 0 saturated heterocycles. The fourth-order valence-electron chi connectivity index (χ4n) is 2.30. The molecule has 3 aromatic carbocycles. The van der Waals surface area contributed by atoms with Crippen molar-refractivity contribution in [2.75, 3.05) is 6.61 Å². The highest BCUT2D eigenvalue weighted by molar-refractivity contribution is 9.11. The first-order valence-corrected chi connectivity index (χ1v) is 9.09. The molecule has 0 atom stereocenters. The SMILES string of the molecule is O=C(COc1ccc(Br)cc1Br)N/N=C/c1cccc2ccccc12. The molecule has 25 heavy (non-hydrogen) atoms. The van der Waals surface area contributed by atoms with Gasteiger partial charge in [0.05, 0.1) is 10.7 Å². The Morgan fingerprint density at radius 3 is 2.72 bits per heavy atom. The van der Waals surface area contributed by atoms with Crippen LogP contribution in [0.1, 0.15) is 5.56 Å². The molecule has 0 spiro atoms. The smallest absolute Gasteiger partial charge is 0.277 e. The number of ether oxygens (including phenoxy) is 1. The zero-order valence-corrected chi connectivity index (χ0v) is 16.2. The largest absolute Gasteiger partial charge is 0.483 e. The van der Waals surface area contributed by atoms with Gasteiger partial charge in [0.15, 0.2) is 6.61 Å². The molecule has 0 unspecified atom stereocenters. The van der Waals surface area contributed by atoms with Gasteiger partial charge in [0.1, 0.15) is 5.75 Å². The molecule has 0 aromatic heterocycles. The lowest BCUT2D eigenvalue weighted by atomic mass is 10.1. The van der Waals surface area contributed by atoms with E-state index in [1.54, 1.807) is 12.3 Å². The van der Waals surface area contributed by atoms with E-state index in [1.807, 2.05) is 54.6 Å². The van der Waals surface area contributed by atoms with Crippen LogP contribution in [-0.4, -0.2) is 18.7 Å². The third-order valence-corrected chi connectivity index (χ3v) is 4.58. The molecule has 0 heterocycles. The maximum atomic E-state index is 11.9. The highest BCUT2D eigenvalue weighted by atomic mass is 79.9. The highest BCUT2D eigenvalue weighted by Crippen LogP contribution is 2.28. The molecular formula is C19H14Br2N2O2. The monoisotopic (exact) mass is 460 g/mol. The van der Waals surface area contributed by atoms with Crippen molar-refractivity contribution >= 4 is 54.8 Å². The zero-order chi connectivity index (χ0) is 17.6. The van der Waals surface area contributed by atoms with Crippen LogP contribution in [0.15, 0.2) is 74.7 Å². The summed E-state index contributed by atoms with van der Waals surface area (Å²) < 4.78 is 7.17. The van der Waals surface area contributed by atoms with E-state index in [9.17, 15) is 4.79 Å². The Bertz CT molecular complexity index is 936. The van der Waals surface area contributed by atoms with Crippen molar-refractivity contribution in [3.05, 3.63) is 75.2 Å². The van der Waals surface area contributed by atoms with E-state index in [0.717, 1.165) is 25.3 Å². The van der Waals surface area contributed by atoms with Gasteiger partial charge in [0.2, 0.25) is 0 Å². The number of nitrogens with zero attached hydrogens (tertiary/aromatic N) is 1. The summed E-state index contributed by atoms with van der Waals surface area (Å²) in [6.07, 6.45) is 1.63. The predicted octanol–water partition coefficient (Wildman–Crippen LogP) is 4.89. The average molecular weight is 462 g/mol. The quantitative estimate of drug-likeness (QED) is 0.434. The summed E-state index contributed by atoms with van der Waals surface area (Å²) in [4.78, 5) is 11.9. The van der Waals surface area contributed by atoms with Gasteiger partial charge in [-0.1, -0.05) is 58.4 Å². The summed E-state index contributed by atoms with van der Waals surface area (Å²) in [6.45, 7) is -0.118. The van der Waals surface area contributed by atoms with Gasteiger partial charge in [-0.3, -0.25) is 4.79 Å². The van der Waals surface area contributed by atoms with E-state index in [0.29, 0.717) is 5.75 Å². The Morgan fingerprint density at radius 1 is 1.08 bits per heavy atom. The maximum absolute atomic E-state index is 11.9. The van der Waals surface area contributed by atoms with Gasteiger partial charge in [-0.25, -0.2) is 5.43 Å². The summed E-state index contributed by atoms with van der Waals surface area (Å²) >= 11 is 6.75. The molecule has 0 saturated carbocycles. The van der Waals surface area contributed by atoms with Crippen molar-refractivity contribution in [2.24, 2.45) is 5.10 Å². The molecule has 3 rings (SSSR count). The van der Waals surface area contributed by atoms with Gasteiger partial charge in [-0.05, 0) is 44.9 Å². The van der Waals surface area contributed by atoms with E-state index in [1.165, 1.54) is 0 Å². The number of halogens is 2. The normalized spacial score (nSPS) is 11.0. The van der Waals surface area contributed by atoms with Crippen LogP contribution in [0, 0.1) is 0 Å². The van der Waals surface area contributed by atoms with Crippen molar-refractivity contribution in [3.63, 3.8) is 0 Å². The van der Waals surface area contributed by atoms with Gasteiger partial charge in [0.25, 0.3) is 5.91 Å². The van der Waals surface area contributed by atoms with Crippen LogP contribution in [0.25, 0.3) is 10.8 Å². The predicted molar refractivity (Wildman–Crippen MR) is 107 cm³/mol. The van der Waals surface area contributed by atoms with E-state index >= 15 is 0 Å². The minimum atomic E-state index is -0.327. The van der Waals surface area contributed by atoms with Crippen molar-refractivity contribution in [1.82, 2.24) is 5.43 Å². The fourth-order valence-corrected chi connectivity index (χ4v) is 3.47. The Morgan fingerprint density at radius 2 is 1.88 bits per heavy atom. The Balaban J connectivity index is 1.59. The van der Waals surface area contributed by atoms with E-state index in [2.05, 4.69) is 42.4 Å². The second-order valence-corrected chi connectivity index (χ2v) is 6.99. The van der Waals surface area contributed by atoms with E-state index in [4.69, 9.17) is 4.74 Å². The van der Waals surface area contributed by atoms with Gasteiger partial charge < -0.3 is 4.74 Å². The molecule has 4 nitrogen and oxygen atoms in total. The Hall–Kier alpha value is -2.18. The molecule has 0 bridgehead atoms. The highest BCUT2D eigenvalue weighted by Gasteiger charge is 2.05. The van der Waals surface area contributed by atoms with Crippen molar-refractivity contribution < 1.29 is 9.53 Å². The third kappa shape index (κ3) is 4.67. The number of rotatable bonds is 5. The lowest BCUT2D eigenvalue weighted by Crippen LogP contribution is -2.24. The first-order valence-electron chi connectivity index (χ1n) is 7.51. The zero-order valence-electron chi connectivity index (χ0n) is 13.1. The molecule has 0 aliphatic rings. The second kappa shape index (κ2) is 8.27. The van der Waals surface area contributed by atoms with Crippen LogP contribution in [0.2, 0.25) is 0 Å². The molecule has 0 radical (unpaired) electrons. The maximum Gasteiger partial charge on any atom is 0.277 e. The lowest BCUT2D eigenvalue weighted by Gasteiger charge is -2.07. The molecule has 0 aliphatic carbocycles. The molecule has 0 aliphatic heterocycles. The van der Waals surface area contributed by atoms with Gasteiger partial charge in [-0.2, -0.15) is 5.10 Å². The third-order valence-electron chi connectivity index (χ3n) is 3.47. The number of carbonyl (C=O) groups is 1. The number of nitrogens with one attached hydrogen (secondary N) is 1. The summed E-state index contributed by atoms with van der Waals surface area (Å²) in [5, 5.41) is 6.22. The van der Waals surface area contributed by atoms with Crippen molar-refractivity contribution in [2.45, 2.75) is 0 Å². The molecule has 0 fully saturated rings. The van der Waals surface area contributed by atoms with Crippen molar-refractivity contribution in [1.29, 1.82) is 0 Å². The van der Waals surface area contributed by atoms with Crippen molar-refractivity contribution in [3.8, 4) is 5.75 Å². The van der Waals surface area contributed by atoms with Gasteiger partial charge in [-0.15, -0.1) is 0 Å². The fraction of sp³-hybridized carbons (Fsp3) is 0.0526. The standard InChI is InChI=1S/C19H14Br2N2O2/c20-15-8-9-18(17(21)10-15)25-12-19(24)23-22-11-14-6-3-5-13-4-1-2-7-16(13)14/h1-11H,12H2,(H,23,24)/b22-11+. The number of carbonyl (C=O) groups excluding carboxylic acids is 1. The van der Waals surface area contributed by atoms with Crippen LogP contribution in [0.3, 0.4) is 0 Å². The van der Waals surface area contributed by atoms with Crippen LogP contribution >= 0.6 is 31.9 Å². The number of benzene rings is 3. The van der Waals surface area contributed by atoms with Crippen LogP contribution in [0.5, 0.6) is 5.75 Å². The van der Waals surface area contributed by atoms with Crippen LogP contribution in [-0.2, 0) is 4.79 Å². The Labute approximate surface area is 162 Å². The number of amides is 1. The van der Waals surface area contributed by atoms with E-state index < -0.39 is 0 Å². The molecule has 1 N–H and O–H groups in total. The molecule has 126 valence electrons. The molecule has 3 aromatic rings. The van der Waals surface area contributed by atoms with Gasteiger partial charge >= 0.3 is 0 Å². The summed E-state index contributed by atoms with van der Waals surface area (Å²) in [5.41, 5.74) is 3.42. The topological polar surface area (TPSA) is 50.7 Å².